The van der Waals surface area contributed by atoms with Gasteiger partial charge in [0.25, 0.3) is 0 Å². The van der Waals surface area contributed by atoms with Gasteiger partial charge in [-0.3, -0.25) is 0 Å². The molecule has 90 valence electrons. The fourth-order valence-electron chi connectivity index (χ4n) is 2.00. The molecule has 5 heteroatoms. The van der Waals surface area contributed by atoms with Gasteiger partial charge in [-0.25, -0.2) is 14.2 Å². The van der Waals surface area contributed by atoms with Gasteiger partial charge in [0.15, 0.2) is 0 Å². The minimum absolute atomic E-state index is 0.199. The number of aromatic carboxylic acids is 1. The summed E-state index contributed by atoms with van der Waals surface area (Å²) in [7, 11) is 0. The normalized spacial score (nSPS) is 11.0. The zero-order valence-electron chi connectivity index (χ0n) is 9.70. The number of carboxylic acid groups (broad SMARTS) is 1. The molecule has 0 radical (unpaired) electrons. The SMILES string of the molecule is Cc1cc(C(=O)O)cc2c1nc(C)n2CC[18F]. The summed E-state index contributed by atoms with van der Waals surface area (Å²) < 4.78 is 14.2. The highest BCUT2D eigenvalue weighted by atomic mass is 18.2. The van der Waals surface area contributed by atoms with Crippen LogP contribution in [0.3, 0.4) is 0 Å². The summed E-state index contributed by atoms with van der Waals surface area (Å²) >= 11 is 0. The number of alkyl halides is 1. The molecule has 0 aliphatic carbocycles. The minimum atomic E-state index is -0.986. The topological polar surface area (TPSA) is 55.1 Å². The van der Waals surface area contributed by atoms with Crippen LogP contribution in [0.5, 0.6) is 0 Å². The van der Waals surface area contributed by atoms with Gasteiger partial charge < -0.3 is 9.67 Å². The van der Waals surface area contributed by atoms with Crippen LogP contribution in [0.25, 0.3) is 11.0 Å². The molecule has 1 aromatic carbocycles. The van der Waals surface area contributed by atoms with Crippen molar-refractivity contribution in [2.45, 2.75) is 20.4 Å². The third kappa shape index (κ3) is 1.88. The summed E-state index contributed by atoms with van der Waals surface area (Å²) in [6.45, 7) is 3.30. The van der Waals surface area contributed by atoms with Gasteiger partial charge in [0.2, 0.25) is 0 Å². The molecule has 17 heavy (non-hydrogen) atoms. The first-order valence-electron chi connectivity index (χ1n) is 5.31. The van der Waals surface area contributed by atoms with Crippen molar-refractivity contribution in [3.8, 4) is 0 Å². The summed E-state index contributed by atoms with van der Waals surface area (Å²) in [4.78, 5) is 15.3. The fourth-order valence-corrected chi connectivity index (χ4v) is 2.00. The Morgan fingerprint density at radius 1 is 1.47 bits per heavy atom. The molecule has 1 heterocycles. The Bertz CT molecular complexity index is 590. The Morgan fingerprint density at radius 3 is 2.76 bits per heavy atom. The number of hydrogen-bond donors (Lipinski definition) is 1. The van der Waals surface area contributed by atoms with Crippen molar-refractivity contribution in [1.29, 1.82) is 0 Å². The molecule has 0 unspecified atom stereocenters. The molecule has 0 saturated heterocycles. The molecule has 0 bridgehead atoms. The van der Waals surface area contributed by atoms with E-state index in [1.807, 2.05) is 0 Å². The highest BCUT2D eigenvalue weighted by molar-refractivity contribution is 5.93. The monoisotopic (exact) mass is 235 g/mol. The summed E-state index contributed by atoms with van der Waals surface area (Å²) in [5, 5.41) is 8.99. The number of hydrogen-bond acceptors (Lipinski definition) is 2. The second kappa shape index (κ2) is 4.16. The smallest absolute Gasteiger partial charge is 0.335 e. The predicted molar refractivity (Wildman–Crippen MR) is 62.1 cm³/mol. The standard InChI is InChI=1S/C12H13FN2O2/c1-7-5-9(12(16)17)6-10-11(7)14-8(2)15(10)4-3-13/h5-6H,3-4H2,1-2H3,(H,16,17)/i13-1. The number of carbonyl (C=O) groups is 1. The van der Waals surface area contributed by atoms with Crippen molar-refractivity contribution in [2.75, 3.05) is 6.67 Å². The molecule has 1 aromatic heterocycles. The molecule has 0 saturated carbocycles. The Labute approximate surface area is 97.7 Å². The van der Waals surface area contributed by atoms with Crippen LogP contribution in [0, 0.1) is 13.8 Å². The molecule has 2 aromatic rings. The van der Waals surface area contributed by atoms with Crippen molar-refractivity contribution in [3.63, 3.8) is 0 Å². The quantitative estimate of drug-likeness (QED) is 0.888. The summed E-state index contributed by atoms with van der Waals surface area (Å²) in [6, 6.07) is 3.12. The van der Waals surface area contributed by atoms with Crippen LogP contribution in [0.4, 0.5) is 4.39 Å². The van der Waals surface area contributed by atoms with Crippen molar-refractivity contribution in [2.24, 2.45) is 0 Å². The number of benzene rings is 1. The Balaban J connectivity index is 2.74. The lowest BCUT2D eigenvalue weighted by Crippen LogP contribution is -2.03. The first kappa shape index (κ1) is 11.6. The fraction of sp³-hybridized carbons (Fsp3) is 0.333. The van der Waals surface area contributed by atoms with E-state index in [9.17, 15) is 9.18 Å². The zero-order chi connectivity index (χ0) is 12.6. The lowest BCUT2D eigenvalue weighted by molar-refractivity contribution is 0.0697. The zero-order valence-corrected chi connectivity index (χ0v) is 9.70. The van der Waals surface area contributed by atoms with E-state index in [-0.39, 0.29) is 12.1 Å². The van der Waals surface area contributed by atoms with Gasteiger partial charge in [0.05, 0.1) is 23.1 Å². The van der Waals surface area contributed by atoms with Crippen molar-refractivity contribution >= 4 is 17.0 Å². The maximum atomic E-state index is 12.5. The van der Waals surface area contributed by atoms with Crippen LogP contribution in [-0.4, -0.2) is 27.3 Å². The summed E-state index contributed by atoms with van der Waals surface area (Å²) in [5.74, 6) is -0.288. The first-order valence-corrected chi connectivity index (χ1v) is 5.31. The van der Waals surface area contributed by atoms with E-state index in [0.717, 1.165) is 11.1 Å². The molecule has 4 nitrogen and oxygen atoms in total. The van der Waals surface area contributed by atoms with Crippen LogP contribution in [0.15, 0.2) is 12.1 Å². The number of imidazole rings is 1. The number of halogens is 1. The number of rotatable bonds is 3. The number of aryl methyl sites for hydroxylation is 3. The largest absolute Gasteiger partial charge is 0.478 e. The summed E-state index contributed by atoms with van der Waals surface area (Å²) in [5.41, 5.74) is 2.41. The molecule has 0 aliphatic heterocycles. The number of nitrogens with zero attached hydrogens (tertiary/aromatic N) is 2. The average Bonchev–Trinajstić information content (AvgIpc) is 2.57. The van der Waals surface area contributed by atoms with E-state index in [4.69, 9.17) is 5.11 Å². The van der Waals surface area contributed by atoms with E-state index in [0.29, 0.717) is 11.3 Å². The average molecular weight is 235 g/mol. The first-order chi connectivity index (χ1) is 8.04. The third-order valence-corrected chi connectivity index (χ3v) is 2.79. The Kier molecular flexibility index (Phi) is 2.83. The van der Waals surface area contributed by atoms with Crippen LogP contribution in [0.2, 0.25) is 0 Å². The van der Waals surface area contributed by atoms with E-state index >= 15 is 0 Å². The molecular formula is C12H13FN2O2. The number of fused-ring (bicyclic) bond motifs is 1. The molecule has 0 spiro atoms. The van der Waals surface area contributed by atoms with Gasteiger partial charge in [-0.2, -0.15) is 0 Å². The number of aromatic nitrogens is 2. The van der Waals surface area contributed by atoms with Crippen LogP contribution < -0.4 is 0 Å². The van der Waals surface area contributed by atoms with E-state index in [1.54, 1.807) is 30.5 Å². The van der Waals surface area contributed by atoms with E-state index in [2.05, 4.69) is 4.98 Å². The maximum Gasteiger partial charge on any atom is 0.335 e. The molecule has 0 atom stereocenters. The Morgan fingerprint density at radius 2 is 2.18 bits per heavy atom. The van der Waals surface area contributed by atoms with Gasteiger partial charge in [0, 0.05) is 0 Å². The minimum Gasteiger partial charge on any atom is -0.478 e. The van der Waals surface area contributed by atoms with Gasteiger partial charge >= 0.3 is 5.97 Å². The van der Waals surface area contributed by atoms with Crippen LogP contribution in [0.1, 0.15) is 21.7 Å². The van der Waals surface area contributed by atoms with E-state index < -0.39 is 12.6 Å². The van der Waals surface area contributed by atoms with Crippen molar-refractivity contribution < 1.29 is 14.3 Å². The Hall–Kier alpha value is -1.91. The maximum absolute atomic E-state index is 12.5. The van der Waals surface area contributed by atoms with Gasteiger partial charge in [-0.05, 0) is 31.5 Å². The number of carboxylic acids is 1. The van der Waals surface area contributed by atoms with Gasteiger partial charge in [-0.1, -0.05) is 0 Å². The highest BCUT2D eigenvalue weighted by Gasteiger charge is 2.13. The molecule has 0 fully saturated rings. The second-order valence-electron chi connectivity index (χ2n) is 3.97. The van der Waals surface area contributed by atoms with Crippen molar-refractivity contribution in [1.82, 2.24) is 9.55 Å². The molecule has 0 aliphatic rings. The molecule has 0 amide bonds. The lowest BCUT2D eigenvalue weighted by atomic mass is 10.1. The van der Waals surface area contributed by atoms with Crippen LogP contribution in [-0.2, 0) is 6.54 Å². The molecule has 1 N–H and O–H groups in total. The highest BCUT2D eigenvalue weighted by Crippen LogP contribution is 2.22. The molecule has 2 rings (SSSR count). The van der Waals surface area contributed by atoms with Gasteiger partial charge in [0.1, 0.15) is 12.5 Å². The van der Waals surface area contributed by atoms with E-state index in [1.165, 1.54) is 0 Å². The van der Waals surface area contributed by atoms with Crippen LogP contribution >= 0.6 is 0 Å². The second-order valence-corrected chi connectivity index (χ2v) is 3.97. The predicted octanol–water partition coefficient (Wildman–Crippen LogP) is 2.32. The summed E-state index contributed by atoms with van der Waals surface area (Å²) in [6.07, 6.45) is 0. The molecular weight excluding hydrogens is 222 g/mol. The third-order valence-electron chi connectivity index (χ3n) is 2.79. The van der Waals surface area contributed by atoms with Gasteiger partial charge in [-0.15, -0.1) is 0 Å². The lowest BCUT2D eigenvalue weighted by Gasteiger charge is -2.04. The van der Waals surface area contributed by atoms with Crippen molar-refractivity contribution in [3.05, 3.63) is 29.1 Å².